The van der Waals surface area contributed by atoms with Crippen molar-refractivity contribution in [2.24, 2.45) is 0 Å². The summed E-state index contributed by atoms with van der Waals surface area (Å²) in [5, 5.41) is 6.02. The van der Waals surface area contributed by atoms with Crippen molar-refractivity contribution in [3.63, 3.8) is 0 Å². The quantitative estimate of drug-likeness (QED) is 0.656. The molecule has 0 radical (unpaired) electrons. The molecule has 0 heterocycles. The third kappa shape index (κ3) is 5.11. The average molecular weight is 346 g/mol. The molecule has 0 aliphatic rings. The van der Waals surface area contributed by atoms with Crippen LogP contribution < -0.4 is 15.4 Å². The molecule has 0 aromatic heterocycles. The van der Waals surface area contributed by atoms with Crippen molar-refractivity contribution in [1.29, 1.82) is 0 Å². The van der Waals surface area contributed by atoms with E-state index in [-0.39, 0.29) is 12.5 Å². The van der Waals surface area contributed by atoms with Crippen LogP contribution in [0.1, 0.15) is 11.1 Å². The minimum atomic E-state index is -0.124. The number of hydrogen-bond acceptors (Lipinski definition) is 3. The van der Waals surface area contributed by atoms with E-state index in [9.17, 15) is 4.79 Å². The van der Waals surface area contributed by atoms with Gasteiger partial charge in [-0.1, -0.05) is 60.2 Å². The Kier molecular flexibility index (Phi) is 5.88. The molecule has 132 valence electrons. The zero-order valence-electron chi connectivity index (χ0n) is 14.7. The molecule has 3 rings (SSSR count). The summed E-state index contributed by atoms with van der Waals surface area (Å²) >= 11 is 0. The zero-order chi connectivity index (χ0) is 18.2. The van der Waals surface area contributed by atoms with E-state index in [1.165, 1.54) is 5.56 Å². The molecule has 0 spiro atoms. The van der Waals surface area contributed by atoms with Crippen LogP contribution in [0.3, 0.4) is 0 Å². The van der Waals surface area contributed by atoms with Crippen LogP contribution in [0.4, 0.5) is 11.4 Å². The maximum absolute atomic E-state index is 12.3. The average Bonchev–Trinajstić information content (AvgIpc) is 2.68. The predicted octanol–water partition coefficient (Wildman–Crippen LogP) is 4.62. The van der Waals surface area contributed by atoms with Crippen molar-refractivity contribution in [3.05, 3.63) is 90.0 Å². The number of benzene rings is 3. The summed E-state index contributed by atoms with van der Waals surface area (Å²) < 4.78 is 5.86. The SMILES string of the molecule is Cc1ccc(NCC(=O)Nc2ccccc2OCc2ccccc2)cc1. The fraction of sp³-hybridized carbons (Fsp3) is 0.136. The first kappa shape index (κ1) is 17.5. The van der Waals surface area contributed by atoms with E-state index in [0.717, 1.165) is 11.3 Å². The van der Waals surface area contributed by atoms with E-state index in [4.69, 9.17) is 4.74 Å². The van der Waals surface area contributed by atoms with Gasteiger partial charge in [-0.25, -0.2) is 0 Å². The van der Waals surface area contributed by atoms with Crippen LogP contribution >= 0.6 is 0 Å². The van der Waals surface area contributed by atoms with Crippen LogP contribution in [-0.4, -0.2) is 12.5 Å². The molecule has 3 aromatic carbocycles. The standard InChI is InChI=1S/C22H22N2O2/c1-17-11-13-19(14-12-17)23-15-22(25)24-20-9-5-6-10-21(20)26-16-18-7-3-2-4-8-18/h2-14,23H,15-16H2,1H3,(H,24,25). The highest BCUT2D eigenvalue weighted by atomic mass is 16.5. The molecule has 0 bridgehead atoms. The summed E-state index contributed by atoms with van der Waals surface area (Å²) in [6, 6.07) is 25.3. The summed E-state index contributed by atoms with van der Waals surface area (Å²) in [6.45, 7) is 2.67. The second-order valence-electron chi connectivity index (χ2n) is 6.04. The van der Waals surface area contributed by atoms with E-state index in [2.05, 4.69) is 10.6 Å². The highest BCUT2D eigenvalue weighted by Gasteiger charge is 2.08. The van der Waals surface area contributed by atoms with Gasteiger partial charge in [0.1, 0.15) is 12.4 Å². The molecule has 0 atom stereocenters. The molecule has 0 fully saturated rings. The maximum atomic E-state index is 12.3. The normalized spacial score (nSPS) is 10.2. The molecule has 1 amide bonds. The lowest BCUT2D eigenvalue weighted by Crippen LogP contribution is -2.22. The Labute approximate surface area is 153 Å². The van der Waals surface area contributed by atoms with Crippen molar-refractivity contribution in [3.8, 4) is 5.75 Å². The number of ether oxygens (including phenoxy) is 1. The molecule has 0 aliphatic carbocycles. The molecular formula is C22H22N2O2. The lowest BCUT2D eigenvalue weighted by atomic mass is 10.2. The van der Waals surface area contributed by atoms with Gasteiger partial charge in [-0.3, -0.25) is 4.79 Å². The summed E-state index contributed by atoms with van der Waals surface area (Å²) in [6.07, 6.45) is 0. The smallest absolute Gasteiger partial charge is 0.243 e. The molecular weight excluding hydrogens is 324 g/mol. The highest BCUT2D eigenvalue weighted by molar-refractivity contribution is 5.95. The lowest BCUT2D eigenvalue weighted by Gasteiger charge is -2.13. The summed E-state index contributed by atoms with van der Waals surface area (Å²) in [5.41, 5.74) is 3.85. The number of amides is 1. The van der Waals surface area contributed by atoms with Crippen LogP contribution in [0, 0.1) is 6.92 Å². The first-order chi connectivity index (χ1) is 12.7. The Morgan fingerprint density at radius 3 is 2.35 bits per heavy atom. The summed E-state index contributed by atoms with van der Waals surface area (Å²) in [4.78, 5) is 12.3. The fourth-order valence-electron chi connectivity index (χ4n) is 2.48. The molecule has 0 unspecified atom stereocenters. The van der Waals surface area contributed by atoms with Gasteiger partial charge >= 0.3 is 0 Å². The van der Waals surface area contributed by atoms with Gasteiger partial charge in [-0.05, 0) is 36.8 Å². The van der Waals surface area contributed by atoms with Crippen LogP contribution in [0.2, 0.25) is 0 Å². The Hall–Kier alpha value is -3.27. The molecule has 0 aliphatic heterocycles. The number of hydrogen-bond donors (Lipinski definition) is 2. The van der Waals surface area contributed by atoms with E-state index in [1.54, 1.807) is 0 Å². The molecule has 4 heteroatoms. The van der Waals surface area contributed by atoms with Crippen molar-refractivity contribution in [1.82, 2.24) is 0 Å². The van der Waals surface area contributed by atoms with Gasteiger partial charge in [0.15, 0.2) is 0 Å². The summed E-state index contributed by atoms with van der Waals surface area (Å²) in [7, 11) is 0. The van der Waals surface area contributed by atoms with Gasteiger partial charge in [0.05, 0.1) is 12.2 Å². The molecule has 0 saturated carbocycles. The van der Waals surface area contributed by atoms with E-state index in [1.807, 2.05) is 85.8 Å². The molecule has 4 nitrogen and oxygen atoms in total. The number of nitrogens with one attached hydrogen (secondary N) is 2. The fourth-order valence-corrected chi connectivity index (χ4v) is 2.48. The Balaban J connectivity index is 1.56. The minimum Gasteiger partial charge on any atom is -0.487 e. The van der Waals surface area contributed by atoms with Crippen molar-refractivity contribution in [2.45, 2.75) is 13.5 Å². The number of carbonyl (C=O) groups is 1. The van der Waals surface area contributed by atoms with Crippen molar-refractivity contribution < 1.29 is 9.53 Å². The first-order valence-corrected chi connectivity index (χ1v) is 8.57. The number of carbonyl (C=O) groups excluding carboxylic acids is 1. The third-order valence-electron chi connectivity index (χ3n) is 3.90. The third-order valence-corrected chi connectivity index (χ3v) is 3.90. The number of rotatable bonds is 7. The Morgan fingerprint density at radius 2 is 1.58 bits per heavy atom. The maximum Gasteiger partial charge on any atom is 0.243 e. The predicted molar refractivity (Wildman–Crippen MR) is 106 cm³/mol. The first-order valence-electron chi connectivity index (χ1n) is 8.57. The largest absolute Gasteiger partial charge is 0.487 e. The van der Waals surface area contributed by atoms with Crippen molar-refractivity contribution in [2.75, 3.05) is 17.2 Å². The number of para-hydroxylation sites is 2. The van der Waals surface area contributed by atoms with Crippen LogP contribution in [0.15, 0.2) is 78.9 Å². The minimum absolute atomic E-state index is 0.124. The second-order valence-corrected chi connectivity index (χ2v) is 6.04. The zero-order valence-corrected chi connectivity index (χ0v) is 14.7. The van der Waals surface area contributed by atoms with Gasteiger partial charge < -0.3 is 15.4 Å². The van der Waals surface area contributed by atoms with Crippen LogP contribution in [0.25, 0.3) is 0 Å². The van der Waals surface area contributed by atoms with Crippen LogP contribution in [-0.2, 0) is 11.4 Å². The highest BCUT2D eigenvalue weighted by Crippen LogP contribution is 2.24. The number of anilines is 2. The molecule has 0 saturated heterocycles. The van der Waals surface area contributed by atoms with E-state index in [0.29, 0.717) is 18.0 Å². The van der Waals surface area contributed by atoms with Crippen molar-refractivity contribution >= 4 is 17.3 Å². The van der Waals surface area contributed by atoms with E-state index < -0.39 is 0 Å². The lowest BCUT2D eigenvalue weighted by molar-refractivity contribution is -0.114. The molecule has 2 N–H and O–H groups in total. The molecule has 3 aromatic rings. The Morgan fingerprint density at radius 1 is 0.885 bits per heavy atom. The van der Waals surface area contributed by atoms with Crippen LogP contribution in [0.5, 0.6) is 5.75 Å². The van der Waals surface area contributed by atoms with Gasteiger partial charge in [-0.2, -0.15) is 0 Å². The van der Waals surface area contributed by atoms with Gasteiger partial charge in [0, 0.05) is 5.69 Å². The van der Waals surface area contributed by atoms with E-state index >= 15 is 0 Å². The topological polar surface area (TPSA) is 50.4 Å². The molecule has 26 heavy (non-hydrogen) atoms. The van der Waals surface area contributed by atoms with Gasteiger partial charge in [0.2, 0.25) is 5.91 Å². The Bertz CT molecular complexity index is 846. The summed E-state index contributed by atoms with van der Waals surface area (Å²) in [5.74, 6) is 0.529. The monoisotopic (exact) mass is 346 g/mol. The van der Waals surface area contributed by atoms with Gasteiger partial charge in [0.25, 0.3) is 0 Å². The number of aryl methyl sites for hydroxylation is 1. The van der Waals surface area contributed by atoms with Gasteiger partial charge in [-0.15, -0.1) is 0 Å². The second kappa shape index (κ2) is 8.72.